The summed E-state index contributed by atoms with van der Waals surface area (Å²) in [6.45, 7) is 8.96. The monoisotopic (exact) mass is 867 g/mol. The van der Waals surface area contributed by atoms with E-state index in [1.165, 1.54) is 29.2 Å². The van der Waals surface area contributed by atoms with Gasteiger partial charge in [0.05, 0.1) is 18.0 Å². The lowest BCUT2D eigenvalue weighted by molar-refractivity contribution is -0.206. The Balaban J connectivity index is 0.000000445. The fraction of sp³-hybridized carbons (Fsp3) is 0.326. The molecule has 3 N–H and O–H groups in total. The fourth-order valence-electron chi connectivity index (χ4n) is 6.29. The van der Waals surface area contributed by atoms with Crippen LogP contribution in [-0.4, -0.2) is 61.7 Å². The first-order valence-corrected chi connectivity index (χ1v) is 21.5. The summed E-state index contributed by atoms with van der Waals surface area (Å²) in [5, 5.41) is 11.7. The predicted octanol–water partition coefficient (Wildman–Crippen LogP) is 11.4. The third kappa shape index (κ3) is 14.2. The van der Waals surface area contributed by atoms with E-state index in [1.807, 2.05) is 60.7 Å². The molecular formula is C46H53ClF3N3O6S. The second-order valence-electron chi connectivity index (χ2n) is 15.1. The average Bonchev–Trinajstić information content (AvgIpc) is 3.18. The van der Waals surface area contributed by atoms with Gasteiger partial charge in [-0.1, -0.05) is 122 Å². The Kier molecular flexibility index (Phi) is 16.9. The molecule has 0 saturated carbocycles. The summed E-state index contributed by atoms with van der Waals surface area (Å²) in [4.78, 5) is 9.81. The van der Waals surface area contributed by atoms with Gasteiger partial charge in [0.1, 0.15) is 17.1 Å². The second kappa shape index (κ2) is 21.3. The summed E-state index contributed by atoms with van der Waals surface area (Å²) in [5.74, 6) is 0.0990. The molecule has 5 aromatic rings. The molecule has 322 valence electrons. The van der Waals surface area contributed by atoms with Gasteiger partial charge >= 0.3 is 12.3 Å². The first kappa shape index (κ1) is 47.4. The molecule has 0 bridgehead atoms. The summed E-state index contributed by atoms with van der Waals surface area (Å²) in [7, 11) is -3.51. The minimum absolute atomic E-state index is 0.0128. The zero-order chi connectivity index (χ0) is 44.0. The Hall–Kier alpha value is -5.24. The molecule has 9 nitrogen and oxygen atoms in total. The molecule has 0 aliphatic rings. The second-order valence-corrected chi connectivity index (χ2v) is 17.5. The highest BCUT2D eigenvalue weighted by Gasteiger charge is 2.59. The lowest BCUT2D eigenvalue weighted by Gasteiger charge is -2.42. The number of hydrogen-bond donors (Lipinski definition) is 3. The Morgan fingerprint density at radius 3 is 1.95 bits per heavy atom. The third-order valence-electron chi connectivity index (χ3n) is 9.05. The van der Waals surface area contributed by atoms with Crippen molar-refractivity contribution in [3.8, 4) is 11.5 Å². The van der Waals surface area contributed by atoms with Crippen LogP contribution < -0.4 is 14.8 Å². The van der Waals surface area contributed by atoms with Crippen molar-refractivity contribution in [1.82, 2.24) is 4.90 Å². The normalized spacial score (nSPS) is 12.8. The smallest absolute Gasteiger partial charge is 0.425 e. The summed E-state index contributed by atoms with van der Waals surface area (Å²) >= 11 is 6.74. The van der Waals surface area contributed by atoms with E-state index in [2.05, 4.69) is 10.0 Å². The Morgan fingerprint density at radius 1 is 0.833 bits per heavy atom. The van der Waals surface area contributed by atoms with Gasteiger partial charge in [0.2, 0.25) is 15.0 Å². The van der Waals surface area contributed by atoms with E-state index in [4.69, 9.17) is 26.2 Å². The number of carbonyl (C=O) groups is 1. The summed E-state index contributed by atoms with van der Waals surface area (Å²) in [6.07, 6.45) is -4.65. The maximum absolute atomic E-state index is 15.1. The number of anilines is 2. The van der Waals surface area contributed by atoms with Crippen molar-refractivity contribution in [2.75, 3.05) is 35.5 Å². The number of hydrogen-bond acceptors (Lipinski definition) is 7. The van der Waals surface area contributed by atoms with Gasteiger partial charge in [-0.2, -0.15) is 13.2 Å². The summed E-state index contributed by atoms with van der Waals surface area (Å²) in [5.41, 5.74) is 2.78. The SMILES string of the molecule is CC(C)(C)OC(=O)Nc1cccc(O)c1.CCCS(=O)(=O)Nc1cc(OCCCN(CC(c2ccccc2)c2ccccc2)C(Cl)(c2ccccc2)C(F)(F)F)ccc1C. The number of carbonyl (C=O) groups excluding carboxylic acids is 1. The van der Waals surface area contributed by atoms with Crippen LogP contribution >= 0.6 is 11.6 Å². The molecule has 0 saturated heterocycles. The van der Waals surface area contributed by atoms with E-state index < -0.39 is 38.8 Å². The van der Waals surface area contributed by atoms with Gasteiger partial charge in [-0.05, 0) is 81.0 Å². The zero-order valence-corrected chi connectivity index (χ0v) is 35.9. The minimum Gasteiger partial charge on any atom is -0.508 e. The first-order valence-electron chi connectivity index (χ1n) is 19.5. The number of aryl methyl sites for hydroxylation is 1. The number of alkyl halides is 4. The topological polar surface area (TPSA) is 117 Å². The van der Waals surface area contributed by atoms with E-state index >= 15 is 13.2 Å². The van der Waals surface area contributed by atoms with E-state index in [9.17, 15) is 13.2 Å². The molecular weight excluding hydrogens is 815 g/mol. The number of aromatic hydroxyl groups is 1. The van der Waals surface area contributed by atoms with Crippen LogP contribution in [0.2, 0.25) is 0 Å². The highest BCUT2D eigenvalue weighted by atomic mass is 35.5. The van der Waals surface area contributed by atoms with Crippen molar-refractivity contribution < 1.29 is 41.0 Å². The molecule has 14 heteroatoms. The van der Waals surface area contributed by atoms with Crippen molar-refractivity contribution in [2.45, 2.75) is 70.2 Å². The maximum atomic E-state index is 15.1. The van der Waals surface area contributed by atoms with Crippen molar-refractivity contribution in [2.24, 2.45) is 0 Å². The molecule has 0 aromatic heterocycles. The Morgan fingerprint density at radius 2 is 1.42 bits per heavy atom. The average molecular weight is 868 g/mol. The van der Waals surface area contributed by atoms with E-state index in [1.54, 1.807) is 83.1 Å². The molecule has 5 aromatic carbocycles. The molecule has 60 heavy (non-hydrogen) atoms. The van der Waals surface area contributed by atoms with Crippen LogP contribution in [0.3, 0.4) is 0 Å². The van der Waals surface area contributed by atoms with Gasteiger partial charge in [0.15, 0.2) is 0 Å². The minimum atomic E-state index is -4.81. The summed E-state index contributed by atoms with van der Waals surface area (Å²) in [6, 6.07) is 37.8. The molecule has 0 fully saturated rings. The van der Waals surface area contributed by atoms with Crippen molar-refractivity contribution in [3.63, 3.8) is 0 Å². The molecule has 5 rings (SSSR count). The molecule has 0 aliphatic heterocycles. The number of sulfonamides is 1. The number of ether oxygens (including phenoxy) is 2. The highest BCUT2D eigenvalue weighted by Crippen LogP contribution is 2.48. The molecule has 0 radical (unpaired) electrons. The largest absolute Gasteiger partial charge is 0.508 e. The van der Waals surface area contributed by atoms with Gasteiger partial charge in [0.25, 0.3) is 0 Å². The van der Waals surface area contributed by atoms with Crippen LogP contribution in [-0.2, 0) is 19.8 Å². The third-order valence-corrected chi connectivity index (χ3v) is 11.2. The molecule has 0 aliphatic carbocycles. The van der Waals surface area contributed by atoms with E-state index in [0.717, 1.165) is 16.7 Å². The van der Waals surface area contributed by atoms with Crippen molar-refractivity contribution >= 4 is 39.1 Å². The number of halogens is 4. The van der Waals surface area contributed by atoms with Crippen LogP contribution in [0, 0.1) is 6.92 Å². The van der Waals surface area contributed by atoms with Crippen LogP contribution in [0.5, 0.6) is 11.5 Å². The zero-order valence-electron chi connectivity index (χ0n) is 34.4. The summed E-state index contributed by atoms with van der Waals surface area (Å²) < 4.78 is 83.4. The molecule has 1 atom stereocenters. The fourth-order valence-corrected chi connectivity index (χ4v) is 7.76. The number of nitrogens with one attached hydrogen (secondary N) is 2. The molecule has 1 unspecified atom stereocenters. The Labute approximate surface area is 356 Å². The standard InChI is InChI=1S/C35H38ClF3N2O3S.C11H15NO3/c1-3-24-45(42,43)40-33-25-31(21-20-27(33)2)44-23-13-22-41(34(36,35(37,38)39)30-18-11-6-12-19-30)26-32(28-14-7-4-8-15-28)29-16-9-5-10-17-29;1-11(2,3)15-10(14)12-8-5-4-6-9(13)7-8/h4-12,14-21,25,32,40H,3,13,22-24,26H2,1-2H3;4-7,13H,1-3H3,(H,12,14). The van der Waals surface area contributed by atoms with Crippen LogP contribution in [0.1, 0.15) is 68.7 Å². The van der Waals surface area contributed by atoms with E-state index in [0.29, 0.717) is 23.5 Å². The van der Waals surface area contributed by atoms with Crippen LogP contribution in [0.15, 0.2) is 133 Å². The lowest BCUT2D eigenvalue weighted by Crippen LogP contribution is -2.54. The number of nitrogens with zero attached hydrogens (tertiary/aromatic N) is 1. The van der Waals surface area contributed by atoms with Gasteiger partial charge in [-0.3, -0.25) is 14.9 Å². The van der Waals surface area contributed by atoms with E-state index in [-0.39, 0.29) is 43.2 Å². The van der Waals surface area contributed by atoms with Gasteiger partial charge in [0, 0.05) is 36.8 Å². The molecule has 0 spiro atoms. The van der Waals surface area contributed by atoms with Crippen molar-refractivity contribution in [3.05, 3.63) is 156 Å². The van der Waals surface area contributed by atoms with Crippen molar-refractivity contribution in [1.29, 1.82) is 0 Å². The maximum Gasteiger partial charge on any atom is 0.425 e. The Bertz CT molecular complexity index is 2170. The van der Waals surface area contributed by atoms with Gasteiger partial charge in [-0.25, -0.2) is 13.2 Å². The number of rotatable bonds is 16. The quantitative estimate of drug-likeness (QED) is 0.0513. The predicted molar refractivity (Wildman–Crippen MR) is 233 cm³/mol. The number of amides is 1. The number of phenolic OH excluding ortho intramolecular Hbond substituents is 1. The lowest BCUT2D eigenvalue weighted by atomic mass is 9.89. The van der Waals surface area contributed by atoms with Crippen LogP contribution in [0.25, 0.3) is 0 Å². The first-order chi connectivity index (χ1) is 28.3. The van der Waals surface area contributed by atoms with Gasteiger partial charge < -0.3 is 14.6 Å². The molecule has 1 amide bonds. The van der Waals surface area contributed by atoms with Crippen LogP contribution in [0.4, 0.5) is 29.3 Å². The highest BCUT2D eigenvalue weighted by molar-refractivity contribution is 7.92. The van der Waals surface area contributed by atoms with Gasteiger partial charge in [-0.15, -0.1) is 0 Å². The number of phenols is 1. The molecule has 0 heterocycles. The number of benzene rings is 5.